The summed E-state index contributed by atoms with van der Waals surface area (Å²) in [5.41, 5.74) is 0.442. The monoisotopic (exact) mass is 281 g/mol. The van der Waals surface area contributed by atoms with Gasteiger partial charge in [0, 0.05) is 11.5 Å². The van der Waals surface area contributed by atoms with Gasteiger partial charge in [-0.25, -0.2) is 0 Å². The molecule has 4 atom stereocenters. The van der Waals surface area contributed by atoms with Crippen LogP contribution in [0.3, 0.4) is 0 Å². The highest BCUT2D eigenvalue weighted by atomic mass is 16.5. The summed E-state index contributed by atoms with van der Waals surface area (Å²) in [5.74, 6) is 0. The van der Waals surface area contributed by atoms with Crippen molar-refractivity contribution in [2.24, 2.45) is 5.41 Å². The molecule has 1 aliphatic heterocycles. The zero-order valence-corrected chi connectivity index (χ0v) is 13.4. The largest absolute Gasteiger partial charge is 0.375 e. The molecule has 0 aromatic heterocycles. The van der Waals surface area contributed by atoms with Gasteiger partial charge < -0.3 is 14.8 Å². The Hall–Kier alpha value is -0.120. The minimum atomic E-state index is 0.353. The van der Waals surface area contributed by atoms with E-state index in [0.717, 1.165) is 12.8 Å². The molecule has 3 fully saturated rings. The second-order valence-electron chi connectivity index (χ2n) is 7.35. The van der Waals surface area contributed by atoms with Gasteiger partial charge in [-0.2, -0.15) is 0 Å². The highest BCUT2D eigenvalue weighted by molar-refractivity contribution is 5.08. The van der Waals surface area contributed by atoms with Gasteiger partial charge in [0.15, 0.2) is 0 Å². The van der Waals surface area contributed by atoms with Crippen LogP contribution in [0.15, 0.2) is 0 Å². The molecule has 3 nitrogen and oxygen atoms in total. The highest BCUT2D eigenvalue weighted by Crippen LogP contribution is 2.53. The molecule has 20 heavy (non-hydrogen) atoms. The van der Waals surface area contributed by atoms with Crippen molar-refractivity contribution < 1.29 is 9.47 Å². The lowest BCUT2D eigenvalue weighted by atomic mass is 9.55. The summed E-state index contributed by atoms with van der Waals surface area (Å²) in [6.07, 6.45) is 11.9. The first kappa shape index (κ1) is 14.8. The minimum absolute atomic E-state index is 0.353. The van der Waals surface area contributed by atoms with Crippen LogP contribution < -0.4 is 5.32 Å². The molecule has 1 saturated heterocycles. The van der Waals surface area contributed by atoms with Gasteiger partial charge in [-0.1, -0.05) is 19.3 Å². The molecule has 0 bridgehead atoms. The number of hydrogen-bond donors (Lipinski definition) is 1. The third-order valence-corrected chi connectivity index (χ3v) is 5.93. The molecule has 1 heterocycles. The molecular formula is C17H31NO2. The van der Waals surface area contributed by atoms with Crippen molar-refractivity contribution in [3.8, 4) is 0 Å². The Morgan fingerprint density at radius 1 is 1.00 bits per heavy atom. The lowest BCUT2D eigenvalue weighted by molar-refractivity contribution is -0.202. The van der Waals surface area contributed by atoms with Crippen LogP contribution in [-0.4, -0.2) is 37.5 Å². The maximum absolute atomic E-state index is 6.57. The average molecular weight is 281 g/mol. The maximum atomic E-state index is 6.57. The third-order valence-electron chi connectivity index (χ3n) is 5.93. The Bertz CT molecular complexity index is 317. The van der Waals surface area contributed by atoms with Crippen molar-refractivity contribution in [1.82, 2.24) is 5.32 Å². The van der Waals surface area contributed by atoms with Gasteiger partial charge in [-0.3, -0.25) is 0 Å². The molecule has 0 aromatic carbocycles. The van der Waals surface area contributed by atoms with Crippen molar-refractivity contribution in [3.05, 3.63) is 0 Å². The number of ether oxygens (including phenoxy) is 2. The van der Waals surface area contributed by atoms with E-state index in [1.165, 1.54) is 38.5 Å². The van der Waals surface area contributed by atoms with E-state index in [0.29, 0.717) is 35.9 Å². The first-order valence-corrected chi connectivity index (χ1v) is 8.62. The lowest BCUT2D eigenvalue weighted by Crippen LogP contribution is -2.64. The Morgan fingerprint density at radius 3 is 2.25 bits per heavy atom. The van der Waals surface area contributed by atoms with Crippen LogP contribution >= 0.6 is 0 Å². The molecule has 0 amide bonds. The molecule has 4 unspecified atom stereocenters. The first-order valence-electron chi connectivity index (χ1n) is 8.62. The first-order chi connectivity index (χ1) is 9.64. The summed E-state index contributed by atoms with van der Waals surface area (Å²) in [5, 5.41) is 3.54. The zero-order chi connectivity index (χ0) is 14.2. The van der Waals surface area contributed by atoms with Gasteiger partial charge >= 0.3 is 0 Å². The Morgan fingerprint density at radius 2 is 1.65 bits per heavy atom. The van der Waals surface area contributed by atoms with Crippen LogP contribution in [0.2, 0.25) is 0 Å². The van der Waals surface area contributed by atoms with Crippen molar-refractivity contribution >= 4 is 0 Å². The Kier molecular flexibility index (Phi) is 4.40. The lowest BCUT2D eigenvalue weighted by Gasteiger charge is -2.58. The van der Waals surface area contributed by atoms with Crippen LogP contribution in [0.25, 0.3) is 0 Å². The number of nitrogens with one attached hydrogen (secondary N) is 1. The van der Waals surface area contributed by atoms with E-state index in [-0.39, 0.29) is 0 Å². The zero-order valence-electron chi connectivity index (χ0n) is 13.4. The molecule has 3 rings (SSSR count). The van der Waals surface area contributed by atoms with Crippen LogP contribution in [0, 0.1) is 5.41 Å². The van der Waals surface area contributed by atoms with E-state index in [1.54, 1.807) is 0 Å². The number of hydrogen-bond acceptors (Lipinski definition) is 3. The van der Waals surface area contributed by atoms with Gasteiger partial charge in [0.25, 0.3) is 0 Å². The highest BCUT2D eigenvalue weighted by Gasteiger charge is 2.55. The van der Waals surface area contributed by atoms with Gasteiger partial charge in [-0.15, -0.1) is 0 Å². The second-order valence-corrected chi connectivity index (χ2v) is 7.35. The second kappa shape index (κ2) is 5.94. The summed E-state index contributed by atoms with van der Waals surface area (Å²) < 4.78 is 12.4. The SMILES string of the molecule is CNC1CC(OC2CC(C)OC(C)C2)C12CCCCC2. The van der Waals surface area contributed by atoms with Crippen molar-refractivity contribution in [2.45, 2.75) is 95.7 Å². The summed E-state index contributed by atoms with van der Waals surface area (Å²) in [6, 6.07) is 0.683. The third kappa shape index (κ3) is 2.65. The van der Waals surface area contributed by atoms with Crippen LogP contribution in [0.5, 0.6) is 0 Å². The molecule has 3 aliphatic rings. The smallest absolute Gasteiger partial charge is 0.0665 e. The Labute approximate surface area is 123 Å². The molecule has 0 radical (unpaired) electrons. The van der Waals surface area contributed by atoms with E-state index in [1.807, 2.05) is 0 Å². The topological polar surface area (TPSA) is 30.5 Å². The Balaban J connectivity index is 1.62. The fraction of sp³-hybridized carbons (Fsp3) is 1.00. The van der Waals surface area contributed by atoms with E-state index in [4.69, 9.17) is 9.47 Å². The molecule has 1 N–H and O–H groups in total. The van der Waals surface area contributed by atoms with Crippen LogP contribution in [-0.2, 0) is 9.47 Å². The molecule has 0 aromatic rings. The van der Waals surface area contributed by atoms with E-state index in [9.17, 15) is 0 Å². The fourth-order valence-electron chi connectivity index (χ4n) is 4.91. The molecule has 3 heteroatoms. The van der Waals surface area contributed by atoms with E-state index in [2.05, 4.69) is 26.2 Å². The van der Waals surface area contributed by atoms with Gasteiger partial charge in [0.2, 0.25) is 0 Å². The quantitative estimate of drug-likeness (QED) is 0.861. The molecule has 116 valence electrons. The predicted molar refractivity (Wildman–Crippen MR) is 80.9 cm³/mol. The summed E-state index contributed by atoms with van der Waals surface area (Å²) in [7, 11) is 2.12. The van der Waals surface area contributed by atoms with Crippen molar-refractivity contribution in [1.29, 1.82) is 0 Å². The fourth-order valence-corrected chi connectivity index (χ4v) is 4.91. The summed E-state index contributed by atoms with van der Waals surface area (Å²) in [4.78, 5) is 0. The van der Waals surface area contributed by atoms with Crippen LogP contribution in [0.4, 0.5) is 0 Å². The normalized spacial score (nSPS) is 44.2. The number of rotatable bonds is 3. The average Bonchev–Trinajstić information content (AvgIpc) is 2.43. The maximum Gasteiger partial charge on any atom is 0.0665 e. The van der Waals surface area contributed by atoms with E-state index < -0.39 is 0 Å². The molecule has 2 aliphatic carbocycles. The minimum Gasteiger partial charge on any atom is -0.375 e. The van der Waals surface area contributed by atoms with Gasteiger partial charge in [0.05, 0.1) is 24.4 Å². The summed E-state index contributed by atoms with van der Waals surface area (Å²) in [6.45, 7) is 4.36. The van der Waals surface area contributed by atoms with Gasteiger partial charge in [0.1, 0.15) is 0 Å². The molecule has 1 spiro atoms. The van der Waals surface area contributed by atoms with E-state index >= 15 is 0 Å². The molecule has 2 saturated carbocycles. The molecular weight excluding hydrogens is 250 g/mol. The summed E-state index contributed by atoms with van der Waals surface area (Å²) >= 11 is 0. The predicted octanol–water partition coefficient (Wildman–Crippen LogP) is 3.27. The van der Waals surface area contributed by atoms with Crippen molar-refractivity contribution in [2.75, 3.05) is 7.05 Å². The van der Waals surface area contributed by atoms with Crippen molar-refractivity contribution in [3.63, 3.8) is 0 Å². The standard InChI is InChI=1S/C17H31NO2/c1-12-9-14(10-13(2)19-12)20-16-11-15(18-3)17(16)7-5-4-6-8-17/h12-16,18H,4-11H2,1-3H3. The van der Waals surface area contributed by atoms with Gasteiger partial charge in [-0.05, 0) is 53.0 Å². The van der Waals surface area contributed by atoms with Crippen LogP contribution in [0.1, 0.15) is 65.2 Å².